The van der Waals surface area contributed by atoms with E-state index in [9.17, 15) is 4.79 Å². The van der Waals surface area contributed by atoms with Gasteiger partial charge in [-0.1, -0.05) is 0 Å². The van der Waals surface area contributed by atoms with E-state index in [-0.39, 0.29) is 5.91 Å². The summed E-state index contributed by atoms with van der Waals surface area (Å²) in [7, 11) is 1.85. The number of hydrogen-bond acceptors (Lipinski definition) is 2. The molecule has 1 heterocycles. The molecule has 0 aliphatic carbocycles. The van der Waals surface area contributed by atoms with E-state index < -0.39 is 0 Å². The zero-order chi connectivity index (χ0) is 8.81. The molecule has 0 radical (unpaired) electrons. The standard InChI is InChI=1S/C8H12N2O2/c1-9-6-8(11)10-5-7-3-2-4-12-7/h2-4,9H,5-6H2,1H3,(H,10,11)/p+1. The SMILES string of the molecule is C[NH2+]CC(=O)NCc1ccco1. The minimum Gasteiger partial charge on any atom is -0.467 e. The van der Waals surface area contributed by atoms with E-state index in [0.29, 0.717) is 13.1 Å². The average molecular weight is 169 g/mol. The van der Waals surface area contributed by atoms with Gasteiger partial charge in [0, 0.05) is 0 Å². The minimum absolute atomic E-state index is 0.0221. The van der Waals surface area contributed by atoms with Crippen molar-refractivity contribution in [2.45, 2.75) is 6.54 Å². The summed E-state index contributed by atoms with van der Waals surface area (Å²) in [5, 5.41) is 4.54. The Hall–Kier alpha value is -1.29. The summed E-state index contributed by atoms with van der Waals surface area (Å²) >= 11 is 0. The van der Waals surface area contributed by atoms with Gasteiger partial charge in [-0.05, 0) is 12.1 Å². The predicted molar refractivity (Wildman–Crippen MR) is 43.3 cm³/mol. The maximum Gasteiger partial charge on any atom is 0.275 e. The molecule has 0 unspecified atom stereocenters. The van der Waals surface area contributed by atoms with Crippen molar-refractivity contribution >= 4 is 5.91 Å². The Bertz CT molecular complexity index is 231. The van der Waals surface area contributed by atoms with Crippen molar-refractivity contribution in [3.05, 3.63) is 24.2 Å². The van der Waals surface area contributed by atoms with E-state index in [4.69, 9.17) is 4.42 Å². The van der Waals surface area contributed by atoms with Crippen LogP contribution in [-0.4, -0.2) is 19.5 Å². The predicted octanol–water partition coefficient (Wildman–Crippen LogP) is -0.911. The third-order valence-corrected chi connectivity index (χ3v) is 1.43. The number of likely N-dealkylation sites (N-methyl/N-ethyl adjacent to an activating group) is 1. The van der Waals surface area contributed by atoms with Crippen LogP contribution in [0.3, 0.4) is 0 Å². The van der Waals surface area contributed by atoms with Crippen molar-refractivity contribution in [3.63, 3.8) is 0 Å². The van der Waals surface area contributed by atoms with Gasteiger partial charge in [-0.2, -0.15) is 0 Å². The smallest absolute Gasteiger partial charge is 0.275 e. The first-order chi connectivity index (χ1) is 5.83. The Morgan fingerprint density at radius 2 is 2.58 bits per heavy atom. The molecule has 0 saturated carbocycles. The Labute approximate surface area is 70.9 Å². The molecular weight excluding hydrogens is 156 g/mol. The molecule has 0 aromatic carbocycles. The van der Waals surface area contributed by atoms with Crippen LogP contribution >= 0.6 is 0 Å². The van der Waals surface area contributed by atoms with Crippen LogP contribution in [0.2, 0.25) is 0 Å². The lowest BCUT2D eigenvalue weighted by molar-refractivity contribution is -0.615. The van der Waals surface area contributed by atoms with E-state index in [0.717, 1.165) is 5.76 Å². The third-order valence-electron chi connectivity index (χ3n) is 1.43. The van der Waals surface area contributed by atoms with Crippen LogP contribution in [-0.2, 0) is 11.3 Å². The molecule has 1 aromatic heterocycles. The number of carbonyl (C=O) groups is 1. The summed E-state index contributed by atoms with van der Waals surface area (Å²) in [6.45, 7) is 0.931. The lowest BCUT2D eigenvalue weighted by Gasteiger charge is -1.99. The first-order valence-corrected chi connectivity index (χ1v) is 3.90. The molecule has 4 nitrogen and oxygen atoms in total. The van der Waals surface area contributed by atoms with Gasteiger partial charge in [0.15, 0.2) is 6.54 Å². The molecular formula is C8H13N2O2+. The van der Waals surface area contributed by atoms with E-state index in [1.54, 1.807) is 12.3 Å². The molecule has 12 heavy (non-hydrogen) atoms. The largest absolute Gasteiger partial charge is 0.467 e. The monoisotopic (exact) mass is 169 g/mol. The van der Waals surface area contributed by atoms with Gasteiger partial charge in [0.2, 0.25) is 0 Å². The van der Waals surface area contributed by atoms with Crippen molar-refractivity contribution in [3.8, 4) is 0 Å². The molecule has 1 aromatic rings. The second kappa shape index (κ2) is 4.56. The summed E-state index contributed by atoms with van der Waals surface area (Å²) in [5.74, 6) is 0.799. The Kier molecular flexibility index (Phi) is 3.35. The summed E-state index contributed by atoms with van der Waals surface area (Å²) in [5.41, 5.74) is 0. The normalized spacial score (nSPS) is 9.75. The first kappa shape index (κ1) is 8.80. The van der Waals surface area contributed by atoms with E-state index >= 15 is 0 Å². The molecule has 0 aliphatic heterocycles. The number of quaternary nitrogens is 1. The fourth-order valence-corrected chi connectivity index (χ4v) is 0.856. The Morgan fingerprint density at radius 3 is 3.17 bits per heavy atom. The highest BCUT2D eigenvalue weighted by Gasteiger charge is 2.01. The average Bonchev–Trinajstić information content (AvgIpc) is 2.53. The van der Waals surface area contributed by atoms with Crippen LogP contribution in [0, 0.1) is 0 Å². The van der Waals surface area contributed by atoms with Crippen molar-refractivity contribution in [2.75, 3.05) is 13.6 Å². The molecule has 0 fully saturated rings. The molecule has 1 rings (SSSR count). The van der Waals surface area contributed by atoms with Gasteiger partial charge in [0.25, 0.3) is 5.91 Å². The molecule has 4 heteroatoms. The molecule has 0 saturated heterocycles. The second-order valence-corrected chi connectivity index (χ2v) is 2.47. The first-order valence-electron chi connectivity index (χ1n) is 3.90. The summed E-state index contributed by atoms with van der Waals surface area (Å²) in [4.78, 5) is 11.0. The molecule has 3 N–H and O–H groups in total. The van der Waals surface area contributed by atoms with Gasteiger partial charge in [-0.15, -0.1) is 0 Å². The molecule has 66 valence electrons. The van der Waals surface area contributed by atoms with Gasteiger partial charge in [-0.3, -0.25) is 4.79 Å². The summed E-state index contributed by atoms with van der Waals surface area (Å²) in [6, 6.07) is 3.63. The zero-order valence-electron chi connectivity index (χ0n) is 7.04. The molecule has 0 bridgehead atoms. The van der Waals surface area contributed by atoms with Crippen molar-refractivity contribution in [1.29, 1.82) is 0 Å². The summed E-state index contributed by atoms with van der Waals surface area (Å²) < 4.78 is 5.04. The van der Waals surface area contributed by atoms with Gasteiger partial charge < -0.3 is 15.1 Å². The highest BCUT2D eigenvalue weighted by molar-refractivity contribution is 5.76. The fourth-order valence-electron chi connectivity index (χ4n) is 0.856. The quantitative estimate of drug-likeness (QED) is 0.613. The lowest BCUT2D eigenvalue weighted by Crippen LogP contribution is -2.82. The molecule has 0 spiro atoms. The number of nitrogens with two attached hydrogens (primary N) is 1. The number of amides is 1. The van der Waals surface area contributed by atoms with Gasteiger partial charge in [0.05, 0.1) is 19.9 Å². The van der Waals surface area contributed by atoms with Crippen molar-refractivity contribution in [1.82, 2.24) is 5.32 Å². The van der Waals surface area contributed by atoms with Crippen LogP contribution in [0.25, 0.3) is 0 Å². The van der Waals surface area contributed by atoms with Crippen LogP contribution in [0.5, 0.6) is 0 Å². The van der Waals surface area contributed by atoms with Gasteiger partial charge in [0.1, 0.15) is 5.76 Å². The second-order valence-electron chi connectivity index (χ2n) is 2.47. The van der Waals surface area contributed by atoms with E-state index in [1.807, 2.05) is 18.4 Å². The van der Waals surface area contributed by atoms with Gasteiger partial charge >= 0.3 is 0 Å². The fraction of sp³-hybridized carbons (Fsp3) is 0.375. The van der Waals surface area contributed by atoms with Crippen molar-refractivity contribution < 1.29 is 14.5 Å². The van der Waals surface area contributed by atoms with Crippen LogP contribution in [0.15, 0.2) is 22.8 Å². The minimum atomic E-state index is 0.0221. The molecule has 0 aliphatic rings. The van der Waals surface area contributed by atoms with E-state index in [1.165, 1.54) is 0 Å². The topological polar surface area (TPSA) is 58.9 Å². The number of hydrogen-bond donors (Lipinski definition) is 2. The molecule has 0 atom stereocenters. The lowest BCUT2D eigenvalue weighted by atomic mass is 10.4. The molecule has 1 amide bonds. The Balaban J connectivity index is 2.22. The highest BCUT2D eigenvalue weighted by atomic mass is 16.3. The van der Waals surface area contributed by atoms with Crippen molar-refractivity contribution in [2.24, 2.45) is 0 Å². The van der Waals surface area contributed by atoms with Gasteiger partial charge in [-0.25, -0.2) is 0 Å². The van der Waals surface area contributed by atoms with E-state index in [2.05, 4.69) is 5.32 Å². The van der Waals surface area contributed by atoms with Crippen LogP contribution in [0.1, 0.15) is 5.76 Å². The number of carbonyl (C=O) groups excluding carboxylic acids is 1. The third kappa shape index (κ3) is 2.75. The number of nitrogens with one attached hydrogen (secondary N) is 1. The maximum atomic E-state index is 11.0. The number of furan rings is 1. The van der Waals surface area contributed by atoms with Crippen LogP contribution < -0.4 is 10.6 Å². The maximum absolute atomic E-state index is 11.0. The zero-order valence-corrected chi connectivity index (χ0v) is 7.04. The highest BCUT2D eigenvalue weighted by Crippen LogP contribution is 1.97. The number of rotatable bonds is 4. The Morgan fingerprint density at radius 1 is 1.75 bits per heavy atom. The van der Waals surface area contributed by atoms with Crippen LogP contribution in [0.4, 0.5) is 0 Å². The summed E-state index contributed by atoms with van der Waals surface area (Å²) in [6.07, 6.45) is 1.59.